The van der Waals surface area contributed by atoms with Crippen molar-refractivity contribution < 1.29 is 9.90 Å². The standard InChI is InChI=1S/C15H23NO2/c1-11(2)13-5-7-14(8-6-13)12(3)16(4)10-9-15(17)18/h5-8,11-12H,9-10H2,1-4H3,(H,17,18). The third kappa shape index (κ3) is 4.15. The second-order valence-electron chi connectivity index (χ2n) is 5.12. The van der Waals surface area contributed by atoms with Crippen LogP contribution in [0.1, 0.15) is 50.3 Å². The highest BCUT2D eigenvalue weighted by molar-refractivity contribution is 5.66. The van der Waals surface area contributed by atoms with Crippen LogP contribution in [0.25, 0.3) is 0 Å². The zero-order valence-electron chi connectivity index (χ0n) is 11.7. The van der Waals surface area contributed by atoms with Gasteiger partial charge in [0.25, 0.3) is 0 Å². The van der Waals surface area contributed by atoms with Gasteiger partial charge in [-0.15, -0.1) is 0 Å². The van der Waals surface area contributed by atoms with Crippen molar-refractivity contribution in [2.75, 3.05) is 13.6 Å². The SMILES string of the molecule is CC(C)c1ccc(C(C)N(C)CCC(=O)O)cc1. The van der Waals surface area contributed by atoms with Gasteiger partial charge in [0.15, 0.2) is 0 Å². The molecule has 0 aliphatic rings. The molecule has 0 aliphatic carbocycles. The molecular weight excluding hydrogens is 226 g/mol. The van der Waals surface area contributed by atoms with E-state index in [9.17, 15) is 4.79 Å². The van der Waals surface area contributed by atoms with Crippen LogP contribution in [0, 0.1) is 0 Å². The highest BCUT2D eigenvalue weighted by atomic mass is 16.4. The fourth-order valence-electron chi connectivity index (χ4n) is 1.88. The molecule has 1 aromatic carbocycles. The first-order valence-electron chi connectivity index (χ1n) is 6.43. The molecule has 1 aromatic rings. The van der Waals surface area contributed by atoms with Gasteiger partial charge in [-0.25, -0.2) is 0 Å². The molecule has 0 radical (unpaired) electrons. The quantitative estimate of drug-likeness (QED) is 0.841. The predicted molar refractivity (Wildman–Crippen MR) is 73.8 cm³/mol. The fraction of sp³-hybridized carbons (Fsp3) is 0.533. The second kappa shape index (κ2) is 6.55. The average Bonchev–Trinajstić information content (AvgIpc) is 2.35. The summed E-state index contributed by atoms with van der Waals surface area (Å²) < 4.78 is 0. The summed E-state index contributed by atoms with van der Waals surface area (Å²) in [5, 5.41) is 8.69. The Kier molecular flexibility index (Phi) is 5.35. The smallest absolute Gasteiger partial charge is 0.304 e. The molecule has 3 nitrogen and oxygen atoms in total. The van der Waals surface area contributed by atoms with Gasteiger partial charge in [-0.1, -0.05) is 38.1 Å². The lowest BCUT2D eigenvalue weighted by Crippen LogP contribution is -2.25. The molecule has 18 heavy (non-hydrogen) atoms. The molecule has 0 saturated heterocycles. The van der Waals surface area contributed by atoms with E-state index < -0.39 is 5.97 Å². The second-order valence-corrected chi connectivity index (χ2v) is 5.12. The van der Waals surface area contributed by atoms with Gasteiger partial charge in [0.2, 0.25) is 0 Å². The van der Waals surface area contributed by atoms with Gasteiger partial charge in [0.1, 0.15) is 0 Å². The zero-order valence-corrected chi connectivity index (χ0v) is 11.7. The Morgan fingerprint density at radius 2 is 1.67 bits per heavy atom. The number of aliphatic carboxylic acids is 1. The monoisotopic (exact) mass is 249 g/mol. The van der Waals surface area contributed by atoms with E-state index in [0.717, 1.165) is 0 Å². The summed E-state index contributed by atoms with van der Waals surface area (Å²) >= 11 is 0. The first-order valence-corrected chi connectivity index (χ1v) is 6.43. The van der Waals surface area contributed by atoms with Gasteiger partial charge in [0.05, 0.1) is 6.42 Å². The summed E-state index contributed by atoms with van der Waals surface area (Å²) in [5.74, 6) is -0.205. The first kappa shape index (κ1) is 14.7. The summed E-state index contributed by atoms with van der Waals surface area (Å²) in [4.78, 5) is 12.6. The molecule has 1 N–H and O–H groups in total. The minimum absolute atomic E-state index is 0.185. The molecule has 3 heteroatoms. The third-order valence-electron chi connectivity index (χ3n) is 3.43. The molecule has 1 unspecified atom stereocenters. The van der Waals surface area contributed by atoms with Crippen molar-refractivity contribution in [3.8, 4) is 0 Å². The van der Waals surface area contributed by atoms with E-state index in [1.54, 1.807) is 0 Å². The van der Waals surface area contributed by atoms with Crippen LogP contribution in [0.3, 0.4) is 0 Å². The summed E-state index contributed by atoms with van der Waals surface area (Å²) in [6.07, 6.45) is 0.185. The topological polar surface area (TPSA) is 40.5 Å². The maximum atomic E-state index is 10.6. The van der Waals surface area contributed by atoms with Gasteiger partial charge in [-0.3, -0.25) is 9.69 Å². The first-order chi connectivity index (χ1) is 8.41. The normalized spacial score (nSPS) is 13.0. The van der Waals surface area contributed by atoms with Crippen LogP contribution in [-0.4, -0.2) is 29.6 Å². The van der Waals surface area contributed by atoms with E-state index in [1.165, 1.54) is 11.1 Å². The Hall–Kier alpha value is -1.35. The third-order valence-corrected chi connectivity index (χ3v) is 3.43. The molecule has 0 fully saturated rings. The number of benzene rings is 1. The van der Waals surface area contributed by atoms with Crippen LogP contribution < -0.4 is 0 Å². The van der Waals surface area contributed by atoms with Crippen LogP contribution in [0.15, 0.2) is 24.3 Å². The van der Waals surface area contributed by atoms with E-state index in [0.29, 0.717) is 12.5 Å². The molecule has 1 rings (SSSR count). The Bertz CT molecular complexity index is 384. The van der Waals surface area contributed by atoms with Crippen LogP contribution in [0.4, 0.5) is 0 Å². The Morgan fingerprint density at radius 3 is 2.11 bits per heavy atom. The summed E-state index contributed by atoms with van der Waals surface area (Å²) in [7, 11) is 1.96. The molecule has 100 valence electrons. The number of nitrogens with zero attached hydrogens (tertiary/aromatic N) is 1. The van der Waals surface area contributed by atoms with Crippen molar-refractivity contribution in [2.24, 2.45) is 0 Å². The lowest BCUT2D eigenvalue weighted by Gasteiger charge is -2.24. The van der Waals surface area contributed by atoms with Crippen molar-refractivity contribution in [3.05, 3.63) is 35.4 Å². The molecular formula is C15H23NO2. The van der Waals surface area contributed by atoms with E-state index >= 15 is 0 Å². The number of hydrogen-bond acceptors (Lipinski definition) is 2. The molecule has 1 atom stereocenters. The number of hydrogen-bond donors (Lipinski definition) is 1. The molecule has 0 saturated carbocycles. The number of carbonyl (C=O) groups is 1. The van der Waals surface area contributed by atoms with Gasteiger partial charge in [-0.05, 0) is 31.0 Å². The van der Waals surface area contributed by atoms with Crippen molar-refractivity contribution >= 4 is 5.97 Å². The van der Waals surface area contributed by atoms with Crippen LogP contribution in [0.2, 0.25) is 0 Å². The van der Waals surface area contributed by atoms with E-state index in [1.807, 2.05) is 7.05 Å². The minimum Gasteiger partial charge on any atom is -0.481 e. The lowest BCUT2D eigenvalue weighted by atomic mass is 9.99. The fourth-order valence-corrected chi connectivity index (χ4v) is 1.88. The molecule has 0 aliphatic heterocycles. The number of carboxylic acid groups (broad SMARTS) is 1. The highest BCUT2D eigenvalue weighted by Crippen LogP contribution is 2.21. The van der Waals surface area contributed by atoms with E-state index in [-0.39, 0.29) is 12.5 Å². The highest BCUT2D eigenvalue weighted by Gasteiger charge is 2.12. The number of carboxylic acids is 1. The molecule has 0 spiro atoms. The zero-order chi connectivity index (χ0) is 13.7. The van der Waals surface area contributed by atoms with Gasteiger partial charge in [-0.2, -0.15) is 0 Å². The molecule has 0 aromatic heterocycles. The minimum atomic E-state index is -0.746. The van der Waals surface area contributed by atoms with Gasteiger partial charge < -0.3 is 5.11 Å². The Balaban J connectivity index is 2.65. The molecule has 0 bridgehead atoms. The summed E-state index contributed by atoms with van der Waals surface area (Å²) in [6.45, 7) is 7.03. The van der Waals surface area contributed by atoms with Gasteiger partial charge >= 0.3 is 5.97 Å². The van der Waals surface area contributed by atoms with Gasteiger partial charge in [0, 0.05) is 12.6 Å². The largest absolute Gasteiger partial charge is 0.481 e. The molecule has 0 heterocycles. The van der Waals surface area contributed by atoms with Crippen molar-refractivity contribution in [1.29, 1.82) is 0 Å². The molecule has 0 amide bonds. The Labute approximate surface area is 109 Å². The van der Waals surface area contributed by atoms with Crippen LogP contribution in [0.5, 0.6) is 0 Å². The summed E-state index contributed by atoms with van der Waals surface area (Å²) in [5.41, 5.74) is 2.56. The number of rotatable bonds is 6. The maximum absolute atomic E-state index is 10.6. The maximum Gasteiger partial charge on any atom is 0.304 e. The van der Waals surface area contributed by atoms with Crippen molar-refractivity contribution in [3.63, 3.8) is 0 Å². The van der Waals surface area contributed by atoms with Crippen LogP contribution in [-0.2, 0) is 4.79 Å². The van der Waals surface area contributed by atoms with Crippen molar-refractivity contribution in [2.45, 2.75) is 39.2 Å². The van der Waals surface area contributed by atoms with Crippen LogP contribution >= 0.6 is 0 Å². The summed E-state index contributed by atoms with van der Waals surface area (Å²) in [6, 6.07) is 8.82. The lowest BCUT2D eigenvalue weighted by molar-refractivity contribution is -0.137. The van der Waals surface area contributed by atoms with E-state index in [2.05, 4.69) is 49.9 Å². The predicted octanol–water partition coefficient (Wildman–Crippen LogP) is 3.28. The Morgan fingerprint density at radius 1 is 1.17 bits per heavy atom. The van der Waals surface area contributed by atoms with Crippen molar-refractivity contribution in [1.82, 2.24) is 4.90 Å². The average molecular weight is 249 g/mol. The van der Waals surface area contributed by atoms with E-state index in [4.69, 9.17) is 5.11 Å².